The van der Waals surface area contributed by atoms with E-state index in [4.69, 9.17) is 9.47 Å². The molecule has 0 unspecified atom stereocenters. The average molecular weight is 299 g/mol. The average Bonchev–Trinajstić information content (AvgIpc) is 2.89. The Morgan fingerprint density at radius 1 is 1.20 bits per heavy atom. The highest BCUT2D eigenvalue weighted by Crippen LogP contribution is 2.06. The number of rotatable bonds is 7. The molecule has 1 aromatic rings. The summed E-state index contributed by atoms with van der Waals surface area (Å²) < 4.78 is 9.51. The minimum atomic E-state index is -1.42. The maximum absolute atomic E-state index is 11.8. The summed E-state index contributed by atoms with van der Waals surface area (Å²) in [6.07, 6.45) is 0.0960. The lowest BCUT2D eigenvalue weighted by molar-refractivity contribution is -0.159. The number of hydrogen-bond donors (Lipinski definition) is 1. The molecule has 1 aromatic heterocycles. The van der Waals surface area contributed by atoms with Crippen molar-refractivity contribution in [1.82, 2.24) is 5.32 Å². The van der Waals surface area contributed by atoms with E-state index >= 15 is 0 Å². The van der Waals surface area contributed by atoms with Crippen LogP contribution in [0.25, 0.3) is 0 Å². The Morgan fingerprint density at radius 3 is 2.25 bits per heavy atom. The van der Waals surface area contributed by atoms with Crippen LogP contribution < -0.4 is 5.32 Å². The summed E-state index contributed by atoms with van der Waals surface area (Å²) in [5.74, 6) is -2.07. The van der Waals surface area contributed by atoms with Crippen LogP contribution in [0.5, 0.6) is 0 Å². The normalized spacial score (nSPS) is 10.2. The number of thiophene rings is 1. The van der Waals surface area contributed by atoms with Crippen LogP contribution in [0.15, 0.2) is 16.8 Å². The molecule has 0 aromatic carbocycles. The summed E-state index contributed by atoms with van der Waals surface area (Å²) in [6, 6.07) is 0.384. The number of amides is 1. The van der Waals surface area contributed by atoms with Crippen molar-refractivity contribution in [2.45, 2.75) is 26.3 Å². The van der Waals surface area contributed by atoms with E-state index in [9.17, 15) is 14.4 Å². The molecule has 110 valence electrons. The first-order chi connectivity index (χ1) is 9.58. The fourth-order valence-corrected chi connectivity index (χ4v) is 2.12. The van der Waals surface area contributed by atoms with E-state index in [1.165, 1.54) is 11.3 Å². The first-order valence-corrected chi connectivity index (χ1v) is 7.16. The molecule has 0 saturated carbocycles. The highest BCUT2D eigenvalue weighted by Gasteiger charge is 2.31. The third-order valence-electron chi connectivity index (χ3n) is 2.29. The lowest BCUT2D eigenvalue weighted by atomic mass is 10.2. The van der Waals surface area contributed by atoms with Gasteiger partial charge in [0.05, 0.1) is 19.6 Å². The van der Waals surface area contributed by atoms with Gasteiger partial charge in [0.25, 0.3) is 0 Å². The molecule has 0 fully saturated rings. The van der Waals surface area contributed by atoms with Gasteiger partial charge in [0, 0.05) is 0 Å². The summed E-state index contributed by atoms with van der Waals surface area (Å²) >= 11 is 1.47. The third-order valence-corrected chi connectivity index (χ3v) is 3.03. The minimum Gasteiger partial charge on any atom is -0.464 e. The third kappa shape index (κ3) is 5.00. The molecule has 7 heteroatoms. The van der Waals surface area contributed by atoms with Gasteiger partial charge in [-0.3, -0.25) is 4.79 Å². The molecule has 0 aliphatic carbocycles. The fourth-order valence-electron chi connectivity index (χ4n) is 1.46. The molecule has 6 nitrogen and oxygen atoms in total. The van der Waals surface area contributed by atoms with Gasteiger partial charge >= 0.3 is 11.9 Å². The van der Waals surface area contributed by atoms with Gasteiger partial charge in [-0.25, -0.2) is 9.59 Å². The first kappa shape index (κ1) is 16.2. The van der Waals surface area contributed by atoms with Gasteiger partial charge in [0.1, 0.15) is 0 Å². The molecule has 0 bridgehead atoms. The second-order valence-corrected chi connectivity index (χ2v) is 4.59. The van der Waals surface area contributed by atoms with E-state index in [-0.39, 0.29) is 19.6 Å². The molecular formula is C13H17NO5S. The standard InChI is InChI=1S/C13H17NO5S/c1-3-18-12(16)11(13(17)19-4-2)14-10(15)7-9-5-6-20-8-9/h5-6,8,11H,3-4,7H2,1-2H3,(H,14,15). The topological polar surface area (TPSA) is 81.7 Å². The lowest BCUT2D eigenvalue weighted by Gasteiger charge is -2.15. The van der Waals surface area contributed by atoms with E-state index in [0.29, 0.717) is 0 Å². The smallest absolute Gasteiger partial charge is 0.340 e. The van der Waals surface area contributed by atoms with Crippen LogP contribution in [0.4, 0.5) is 0 Å². The van der Waals surface area contributed by atoms with Gasteiger partial charge in [-0.15, -0.1) is 0 Å². The zero-order chi connectivity index (χ0) is 15.0. The molecule has 1 amide bonds. The highest BCUT2D eigenvalue weighted by atomic mass is 32.1. The van der Waals surface area contributed by atoms with Crippen LogP contribution >= 0.6 is 11.3 Å². The van der Waals surface area contributed by atoms with E-state index < -0.39 is 23.9 Å². The van der Waals surface area contributed by atoms with Crippen molar-refractivity contribution in [3.63, 3.8) is 0 Å². The molecule has 1 heterocycles. The number of esters is 2. The number of carbonyl (C=O) groups is 3. The summed E-state index contributed by atoms with van der Waals surface area (Å²) in [5, 5.41) is 6.01. The summed E-state index contributed by atoms with van der Waals surface area (Å²) in [4.78, 5) is 35.1. The number of carbonyl (C=O) groups excluding carboxylic acids is 3. The van der Waals surface area contributed by atoms with Crippen molar-refractivity contribution < 1.29 is 23.9 Å². The molecule has 0 aliphatic rings. The monoisotopic (exact) mass is 299 g/mol. The van der Waals surface area contributed by atoms with Crippen molar-refractivity contribution in [2.75, 3.05) is 13.2 Å². The van der Waals surface area contributed by atoms with E-state index in [0.717, 1.165) is 5.56 Å². The van der Waals surface area contributed by atoms with Gasteiger partial charge in [0.2, 0.25) is 11.9 Å². The van der Waals surface area contributed by atoms with Crippen LogP contribution in [0.2, 0.25) is 0 Å². The largest absolute Gasteiger partial charge is 0.464 e. The molecule has 0 saturated heterocycles. The van der Waals surface area contributed by atoms with Crippen molar-refractivity contribution in [1.29, 1.82) is 0 Å². The SMILES string of the molecule is CCOC(=O)C(NC(=O)Cc1ccsc1)C(=O)OCC. The van der Waals surface area contributed by atoms with Gasteiger partial charge in [-0.1, -0.05) is 0 Å². The fraction of sp³-hybridized carbons (Fsp3) is 0.462. The maximum Gasteiger partial charge on any atom is 0.340 e. The van der Waals surface area contributed by atoms with E-state index in [2.05, 4.69) is 5.32 Å². The minimum absolute atomic E-state index is 0.0960. The summed E-state index contributed by atoms with van der Waals surface area (Å²) in [6.45, 7) is 3.48. The zero-order valence-corrected chi connectivity index (χ0v) is 12.2. The molecule has 0 atom stereocenters. The lowest BCUT2D eigenvalue weighted by Crippen LogP contribution is -2.48. The quantitative estimate of drug-likeness (QED) is 0.597. The molecule has 20 heavy (non-hydrogen) atoms. The molecule has 1 N–H and O–H groups in total. The molecule has 0 spiro atoms. The Balaban J connectivity index is 2.65. The van der Waals surface area contributed by atoms with Gasteiger partial charge < -0.3 is 14.8 Å². The van der Waals surface area contributed by atoms with E-state index in [1.807, 2.05) is 10.8 Å². The first-order valence-electron chi connectivity index (χ1n) is 6.22. The van der Waals surface area contributed by atoms with Crippen molar-refractivity contribution in [3.05, 3.63) is 22.4 Å². The Hall–Kier alpha value is -1.89. The van der Waals surface area contributed by atoms with Crippen LogP contribution in [0, 0.1) is 0 Å². The second-order valence-electron chi connectivity index (χ2n) is 3.81. The Labute approximate surface area is 121 Å². The number of ether oxygens (including phenoxy) is 2. The summed E-state index contributed by atoms with van der Waals surface area (Å²) in [7, 11) is 0. The molecular weight excluding hydrogens is 282 g/mol. The Bertz CT molecular complexity index is 439. The van der Waals surface area contributed by atoms with Crippen LogP contribution in [-0.4, -0.2) is 37.1 Å². The van der Waals surface area contributed by atoms with Crippen LogP contribution in [0.1, 0.15) is 19.4 Å². The number of hydrogen-bond acceptors (Lipinski definition) is 6. The second kappa shape index (κ2) is 8.31. The van der Waals surface area contributed by atoms with Crippen molar-refractivity contribution >= 4 is 29.2 Å². The Kier molecular flexibility index (Phi) is 6.72. The van der Waals surface area contributed by atoms with Crippen molar-refractivity contribution in [2.24, 2.45) is 0 Å². The van der Waals surface area contributed by atoms with Gasteiger partial charge in [-0.2, -0.15) is 11.3 Å². The van der Waals surface area contributed by atoms with Crippen molar-refractivity contribution in [3.8, 4) is 0 Å². The molecule has 0 aliphatic heterocycles. The van der Waals surface area contributed by atoms with Gasteiger partial charge in [0.15, 0.2) is 0 Å². The van der Waals surface area contributed by atoms with Gasteiger partial charge in [-0.05, 0) is 36.2 Å². The van der Waals surface area contributed by atoms with Crippen LogP contribution in [0.3, 0.4) is 0 Å². The summed E-state index contributed by atoms with van der Waals surface area (Å²) in [5.41, 5.74) is 0.818. The van der Waals surface area contributed by atoms with Crippen LogP contribution in [-0.2, 0) is 30.3 Å². The molecule has 1 rings (SSSR count). The zero-order valence-electron chi connectivity index (χ0n) is 11.4. The highest BCUT2D eigenvalue weighted by molar-refractivity contribution is 7.07. The van der Waals surface area contributed by atoms with E-state index in [1.54, 1.807) is 19.9 Å². The maximum atomic E-state index is 11.8. The molecule has 0 radical (unpaired) electrons. The Morgan fingerprint density at radius 2 is 1.80 bits per heavy atom. The predicted octanol–water partition coefficient (Wildman–Crippen LogP) is 0.902. The number of nitrogens with one attached hydrogen (secondary N) is 1. The predicted molar refractivity (Wildman–Crippen MR) is 73.2 cm³/mol.